The van der Waals surface area contributed by atoms with Gasteiger partial charge in [0.15, 0.2) is 0 Å². The highest BCUT2D eigenvalue weighted by molar-refractivity contribution is 5.09. The summed E-state index contributed by atoms with van der Waals surface area (Å²) in [5, 5.41) is 7.77. The molecule has 1 N–H and O–H groups in total. The monoisotopic (exact) mass is 223 g/mol. The molecule has 0 aromatic carbocycles. The lowest BCUT2D eigenvalue weighted by molar-refractivity contribution is 0.0222. The summed E-state index contributed by atoms with van der Waals surface area (Å²) in [5.41, 5.74) is 2.31. The normalized spacial score (nSPS) is 21.2. The van der Waals surface area contributed by atoms with Crippen molar-refractivity contribution in [2.75, 3.05) is 13.1 Å². The molecule has 90 valence electrons. The van der Waals surface area contributed by atoms with Crippen molar-refractivity contribution in [3.63, 3.8) is 0 Å². The average molecular weight is 223 g/mol. The Morgan fingerprint density at radius 1 is 1.62 bits per heavy atom. The van der Waals surface area contributed by atoms with Crippen LogP contribution in [0.3, 0.4) is 0 Å². The van der Waals surface area contributed by atoms with Crippen LogP contribution >= 0.6 is 0 Å². The number of nitrogens with zero attached hydrogens (tertiary/aromatic N) is 2. The molecule has 0 radical (unpaired) electrons. The highest BCUT2D eigenvalue weighted by atomic mass is 16.5. The minimum atomic E-state index is 0.369. The van der Waals surface area contributed by atoms with E-state index in [4.69, 9.17) is 4.74 Å². The molecule has 1 saturated heterocycles. The number of ether oxygens (including phenoxy) is 1. The fourth-order valence-electron chi connectivity index (χ4n) is 2.04. The molecular weight excluding hydrogens is 202 g/mol. The number of rotatable bonds is 4. The second-order valence-electron chi connectivity index (χ2n) is 4.38. The molecule has 0 bridgehead atoms. The molecule has 0 aliphatic carbocycles. The zero-order valence-electron chi connectivity index (χ0n) is 10.2. The van der Waals surface area contributed by atoms with Gasteiger partial charge in [-0.25, -0.2) is 0 Å². The summed E-state index contributed by atoms with van der Waals surface area (Å²) in [6, 6.07) is 2.14. The molecule has 4 nitrogen and oxygen atoms in total. The van der Waals surface area contributed by atoms with Crippen molar-refractivity contribution in [1.82, 2.24) is 15.1 Å². The molecule has 2 heterocycles. The average Bonchev–Trinajstić information content (AvgIpc) is 2.69. The van der Waals surface area contributed by atoms with Gasteiger partial charge in [-0.1, -0.05) is 6.92 Å². The van der Waals surface area contributed by atoms with Crippen molar-refractivity contribution < 1.29 is 4.74 Å². The van der Waals surface area contributed by atoms with Crippen LogP contribution in [0.1, 0.15) is 31.2 Å². The van der Waals surface area contributed by atoms with Gasteiger partial charge < -0.3 is 10.1 Å². The largest absolute Gasteiger partial charge is 0.371 e. The Kier molecular flexibility index (Phi) is 3.96. The first-order valence-corrected chi connectivity index (χ1v) is 6.13. The highest BCUT2D eigenvalue weighted by Crippen LogP contribution is 2.11. The van der Waals surface area contributed by atoms with E-state index in [1.54, 1.807) is 0 Å². The summed E-state index contributed by atoms with van der Waals surface area (Å²) in [4.78, 5) is 0. The number of hydrogen-bond donors (Lipinski definition) is 1. The summed E-state index contributed by atoms with van der Waals surface area (Å²) in [6.07, 6.45) is 3.74. The van der Waals surface area contributed by atoms with E-state index in [2.05, 4.69) is 23.4 Å². The Bertz CT molecular complexity index is 329. The van der Waals surface area contributed by atoms with Crippen molar-refractivity contribution in [2.24, 2.45) is 7.05 Å². The molecular formula is C12H21N3O. The molecule has 1 fully saturated rings. The van der Waals surface area contributed by atoms with E-state index >= 15 is 0 Å². The van der Waals surface area contributed by atoms with Crippen LogP contribution in [0.25, 0.3) is 0 Å². The highest BCUT2D eigenvalue weighted by Gasteiger charge is 2.14. The van der Waals surface area contributed by atoms with E-state index in [-0.39, 0.29) is 0 Å². The number of nitrogens with one attached hydrogen (secondary N) is 1. The first-order chi connectivity index (χ1) is 7.79. The smallest absolute Gasteiger partial charge is 0.0889 e. The van der Waals surface area contributed by atoms with Crippen LogP contribution in [0.5, 0.6) is 0 Å². The van der Waals surface area contributed by atoms with Crippen molar-refractivity contribution in [3.8, 4) is 0 Å². The van der Waals surface area contributed by atoms with Crippen LogP contribution in [0, 0.1) is 0 Å². The maximum atomic E-state index is 5.88. The Hall–Kier alpha value is -0.870. The molecule has 1 aliphatic heterocycles. The molecule has 1 aromatic heterocycles. The van der Waals surface area contributed by atoms with Gasteiger partial charge in [-0.2, -0.15) is 5.10 Å². The fraction of sp³-hybridized carbons (Fsp3) is 0.750. The van der Waals surface area contributed by atoms with Crippen LogP contribution in [-0.2, 0) is 24.8 Å². The van der Waals surface area contributed by atoms with Crippen LogP contribution < -0.4 is 5.32 Å². The van der Waals surface area contributed by atoms with Gasteiger partial charge in [-0.15, -0.1) is 0 Å². The molecule has 0 spiro atoms. The summed E-state index contributed by atoms with van der Waals surface area (Å²) in [5.74, 6) is 0. The number of aromatic nitrogens is 2. The molecule has 1 atom stereocenters. The Morgan fingerprint density at radius 2 is 2.50 bits per heavy atom. The SMILES string of the molecule is CCc1cc(CO[C@H]2CCCNC2)n(C)n1. The topological polar surface area (TPSA) is 39.1 Å². The van der Waals surface area contributed by atoms with Gasteiger partial charge in [0.25, 0.3) is 0 Å². The summed E-state index contributed by atoms with van der Waals surface area (Å²) < 4.78 is 7.81. The molecule has 2 rings (SSSR count). The minimum absolute atomic E-state index is 0.369. The van der Waals surface area contributed by atoms with Crippen molar-refractivity contribution >= 4 is 0 Å². The Labute approximate surface area is 97.0 Å². The van der Waals surface area contributed by atoms with E-state index in [9.17, 15) is 0 Å². The molecule has 0 amide bonds. The van der Waals surface area contributed by atoms with Gasteiger partial charge >= 0.3 is 0 Å². The fourth-order valence-corrected chi connectivity index (χ4v) is 2.04. The zero-order valence-corrected chi connectivity index (χ0v) is 10.2. The zero-order chi connectivity index (χ0) is 11.4. The van der Waals surface area contributed by atoms with E-state index in [1.807, 2.05) is 11.7 Å². The Morgan fingerprint density at radius 3 is 3.12 bits per heavy atom. The van der Waals surface area contributed by atoms with Gasteiger partial charge in [-0.3, -0.25) is 4.68 Å². The predicted molar refractivity (Wildman–Crippen MR) is 63.3 cm³/mol. The van der Waals surface area contributed by atoms with Crippen LogP contribution in [0.4, 0.5) is 0 Å². The molecule has 16 heavy (non-hydrogen) atoms. The lowest BCUT2D eigenvalue weighted by Crippen LogP contribution is -2.35. The lowest BCUT2D eigenvalue weighted by Gasteiger charge is -2.22. The van der Waals surface area contributed by atoms with Crippen molar-refractivity contribution in [3.05, 3.63) is 17.5 Å². The first kappa shape index (κ1) is 11.6. The third kappa shape index (κ3) is 2.83. The van der Waals surface area contributed by atoms with Gasteiger partial charge in [-0.05, 0) is 31.9 Å². The third-order valence-corrected chi connectivity index (χ3v) is 3.11. The maximum absolute atomic E-state index is 5.88. The summed E-state index contributed by atoms with van der Waals surface area (Å²) >= 11 is 0. The summed E-state index contributed by atoms with van der Waals surface area (Å²) in [7, 11) is 1.98. The number of piperidine rings is 1. The number of aryl methyl sites for hydroxylation is 2. The molecule has 0 unspecified atom stereocenters. The predicted octanol–water partition coefficient (Wildman–Crippen LogP) is 1.25. The van der Waals surface area contributed by atoms with E-state index < -0.39 is 0 Å². The number of hydrogen-bond acceptors (Lipinski definition) is 3. The molecule has 1 aliphatic rings. The quantitative estimate of drug-likeness (QED) is 0.835. The second-order valence-corrected chi connectivity index (χ2v) is 4.38. The first-order valence-electron chi connectivity index (χ1n) is 6.13. The van der Waals surface area contributed by atoms with Crippen molar-refractivity contribution in [1.29, 1.82) is 0 Å². The van der Waals surface area contributed by atoms with E-state index in [0.717, 1.165) is 25.2 Å². The van der Waals surface area contributed by atoms with E-state index in [1.165, 1.54) is 18.5 Å². The van der Waals surface area contributed by atoms with Gasteiger partial charge in [0, 0.05) is 13.6 Å². The van der Waals surface area contributed by atoms with Crippen LogP contribution in [0.15, 0.2) is 6.07 Å². The Balaban J connectivity index is 1.85. The third-order valence-electron chi connectivity index (χ3n) is 3.11. The van der Waals surface area contributed by atoms with Gasteiger partial charge in [0.05, 0.1) is 24.1 Å². The van der Waals surface area contributed by atoms with Gasteiger partial charge in [0.2, 0.25) is 0 Å². The van der Waals surface area contributed by atoms with Crippen LogP contribution in [-0.4, -0.2) is 29.0 Å². The molecule has 4 heteroatoms. The summed E-state index contributed by atoms with van der Waals surface area (Å²) in [6.45, 7) is 4.91. The molecule has 0 saturated carbocycles. The maximum Gasteiger partial charge on any atom is 0.0889 e. The van der Waals surface area contributed by atoms with Crippen LogP contribution in [0.2, 0.25) is 0 Å². The molecule has 1 aromatic rings. The van der Waals surface area contributed by atoms with Gasteiger partial charge in [0.1, 0.15) is 0 Å². The van der Waals surface area contributed by atoms with E-state index in [0.29, 0.717) is 12.7 Å². The second kappa shape index (κ2) is 5.46. The lowest BCUT2D eigenvalue weighted by atomic mass is 10.1. The minimum Gasteiger partial charge on any atom is -0.371 e. The standard InChI is InChI=1S/C12H21N3O/c1-3-10-7-11(15(2)14-10)9-16-12-5-4-6-13-8-12/h7,12-13H,3-6,8-9H2,1-2H3/t12-/m0/s1. The van der Waals surface area contributed by atoms with Crippen molar-refractivity contribution in [2.45, 2.75) is 38.9 Å².